The van der Waals surface area contributed by atoms with Gasteiger partial charge in [0.05, 0.1) is 16.2 Å². The fourth-order valence-electron chi connectivity index (χ4n) is 4.83. The molecule has 0 atom stereocenters. The fourth-order valence-corrected chi connectivity index (χ4v) is 6.30. The van der Waals surface area contributed by atoms with Crippen LogP contribution in [0.25, 0.3) is 5.57 Å². The van der Waals surface area contributed by atoms with E-state index in [0.29, 0.717) is 31.7 Å². The van der Waals surface area contributed by atoms with Crippen molar-refractivity contribution in [1.29, 1.82) is 0 Å². The van der Waals surface area contributed by atoms with Crippen LogP contribution in [0.4, 0.5) is 11.4 Å². The van der Waals surface area contributed by atoms with Crippen LogP contribution >= 0.6 is 24.0 Å². The summed E-state index contributed by atoms with van der Waals surface area (Å²) in [4.78, 5) is 43.3. The first-order chi connectivity index (χ1) is 16.3. The molecule has 34 heavy (non-hydrogen) atoms. The summed E-state index contributed by atoms with van der Waals surface area (Å²) in [7, 11) is 0. The molecule has 0 radical (unpaired) electrons. The SMILES string of the molecule is Cc1ccc(NC(=O)CN2C(=O)/C(=C3\SC(=S)N(C4CCCC4)C3=O)c3ccccc32)cc1C. The summed E-state index contributed by atoms with van der Waals surface area (Å²) in [5, 5.41) is 2.88. The summed E-state index contributed by atoms with van der Waals surface area (Å²) in [6.45, 7) is 3.85. The van der Waals surface area contributed by atoms with Gasteiger partial charge in [0, 0.05) is 17.3 Å². The molecule has 3 aliphatic rings. The predicted molar refractivity (Wildman–Crippen MR) is 140 cm³/mol. The van der Waals surface area contributed by atoms with Gasteiger partial charge in [-0.2, -0.15) is 0 Å². The van der Waals surface area contributed by atoms with Crippen molar-refractivity contribution in [1.82, 2.24) is 4.90 Å². The zero-order chi connectivity index (χ0) is 24.0. The van der Waals surface area contributed by atoms with Gasteiger partial charge in [-0.05, 0) is 56.0 Å². The summed E-state index contributed by atoms with van der Waals surface area (Å²) in [6, 6.07) is 13.1. The lowest BCUT2D eigenvalue weighted by Crippen LogP contribution is -2.37. The van der Waals surface area contributed by atoms with E-state index >= 15 is 0 Å². The largest absolute Gasteiger partial charge is 0.325 e. The third-order valence-electron chi connectivity index (χ3n) is 6.73. The molecule has 0 aromatic heterocycles. The second-order valence-electron chi connectivity index (χ2n) is 8.94. The van der Waals surface area contributed by atoms with Gasteiger partial charge in [0.15, 0.2) is 0 Å². The lowest BCUT2D eigenvalue weighted by molar-refractivity contribution is -0.123. The molecule has 1 N–H and O–H groups in total. The van der Waals surface area contributed by atoms with E-state index in [4.69, 9.17) is 12.2 Å². The van der Waals surface area contributed by atoms with E-state index in [1.165, 1.54) is 16.7 Å². The average Bonchev–Trinajstić information content (AvgIpc) is 3.49. The minimum atomic E-state index is -0.344. The first kappa shape index (κ1) is 22.8. The van der Waals surface area contributed by atoms with E-state index in [9.17, 15) is 14.4 Å². The van der Waals surface area contributed by atoms with Crippen LogP contribution in [-0.2, 0) is 14.4 Å². The number of aryl methyl sites for hydroxylation is 2. The Bertz CT molecular complexity index is 1260. The van der Waals surface area contributed by atoms with Gasteiger partial charge in [-0.3, -0.25) is 24.2 Å². The van der Waals surface area contributed by atoms with Gasteiger partial charge in [0.2, 0.25) is 5.91 Å². The van der Waals surface area contributed by atoms with Crippen LogP contribution in [0, 0.1) is 13.8 Å². The fraction of sp³-hybridized carbons (Fsp3) is 0.308. The topological polar surface area (TPSA) is 69.7 Å². The zero-order valence-corrected chi connectivity index (χ0v) is 20.7. The van der Waals surface area contributed by atoms with Crippen LogP contribution in [0.2, 0.25) is 0 Å². The Morgan fingerprint density at radius 2 is 1.79 bits per heavy atom. The molecule has 3 amide bonds. The van der Waals surface area contributed by atoms with Crippen LogP contribution in [0.15, 0.2) is 47.4 Å². The van der Waals surface area contributed by atoms with Gasteiger partial charge in [-0.15, -0.1) is 0 Å². The van der Waals surface area contributed by atoms with Gasteiger partial charge in [-0.25, -0.2) is 0 Å². The van der Waals surface area contributed by atoms with E-state index < -0.39 is 0 Å². The maximum atomic E-state index is 13.6. The molecule has 2 heterocycles. The van der Waals surface area contributed by atoms with Gasteiger partial charge in [-0.1, -0.05) is 61.1 Å². The van der Waals surface area contributed by atoms with Crippen molar-refractivity contribution < 1.29 is 14.4 Å². The summed E-state index contributed by atoms with van der Waals surface area (Å²) in [6.07, 6.45) is 4.03. The highest BCUT2D eigenvalue weighted by Gasteiger charge is 2.44. The van der Waals surface area contributed by atoms with Gasteiger partial charge in [0.25, 0.3) is 11.8 Å². The average molecular weight is 492 g/mol. The van der Waals surface area contributed by atoms with Crippen molar-refractivity contribution in [2.24, 2.45) is 0 Å². The molecule has 2 fully saturated rings. The molecule has 0 unspecified atom stereocenters. The van der Waals surface area contributed by atoms with Crippen molar-refractivity contribution in [3.63, 3.8) is 0 Å². The highest BCUT2D eigenvalue weighted by atomic mass is 32.2. The maximum Gasteiger partial charge on any atom is 0.267 e. The number of hydrogen-bond acceptors (Lipinski definition) is 5. The normalized spacial score (nSPS) is 20.5. The smallest absolute Gasteiger partial charge is 0.267 e. The van der Waals surface area contributed by atoms with Crippen LogP contribution in [-0.4, -0.2) is 39.5 Å². The quantitative estimate of drug-likeness (QED) is 0.491. The number of amides is 3. The van der Waals surface area contributed by atoms with Crippen molar-refractivity contribution >= 4 is 63.0 Å². The van der Waals surface area contributed by atoms with Crippen LogP contribution in [0.5, 0.6) is 0 Å². The molecule has 5 rings (SSSR count). The van der Waals surface area contributed by atoms with Crippen molar-refractivity contribution in [2.75, 3.05) is 16.8 Å². The number of rotatable bonds is 4. The van der Waals surface area contributed by atoms with Crippen molar-refractivity contribution in [2.45, 2.75) is 45.6 Å². The van der Waals surface area contributed by atoms with Crippen molar-refractivity contribution in [3.8, 4) is 0 Å². The second kappa shape index (κ2) is 9.00. The lowest BCUT2D eigenvalue weighted by Gasteiger charge is -2.22. The summed E-state index contributed by atoms with van der Waals surface area (Å²) < 4.78 is 0.510. The number of thiocarbonyl (C=S) groups is 1. The highest BCUT2D eigenvalue weighted by molar-refractivity contribution is 8.26. The Kier molecular flexibility index (Phi) is 6.04. The number of benzene rings is 2. The Labute approximate surface area is 208 Å². The first-order valence-electron chi connectivity index (χ1n) is 11.4. The third-order valence-corrected chi connectivity index (χ3v) is 8.13. The number of thioether (sulfide) groups is 1. The molecule has 2 aromatic rings. The summed E-state index contributed by atoms with van der Waals surface area (Å²) in [5.41, 5.74) is 4.54. The van der Waals surface area contributed by atoms with Crippen LogP contribution in [0.1, 0.15) is 42.4 Å². The van der Waals surface area contributed by atoms with Crippen molar-refractivity contribution in [3.05, 3.63) is 64.1 Å². The molecule has 2 aliphatic heterocycles. The number of carbonyl (C=O) groups excluding carboxylic acids is 3. The third kappa shape index (κ3) is 3.95. The Morgan fingerprint density at radius 3 is 2.53 bits per heavy atom. The Hall–Kier alpha value is -2.97. The number of carbonyl (C=O) groups is 3. The summed E-state index contributed by atoms with van der Waals surface area (Å²) in [5.74, 6) is -0.837. The maximum absolute atomic E-state index is 13.6. The Balaban J connectivity index is 1.43. The first-order valence-corrected chi connectivity index (χ1v) is 12.7. The molecule has 2 aromatic carbocycles. The van der Waals surface area contributed by atoms with E-state index in [-0.39, 0.29) is 30.3 Å². The van der Waals surface area contributed by atoms with Crippen LogP contribution < -0.4 is 10.2 Å². The van der Waals surface area contributed by atoms with E-state index in [0.717, 1.165) is 36.8 Å². The molecule has 8 heteroatoms. The highest BCUT2D eigenvalue weighted by Crippen LogP contribution is 2.46. The van der Waals surface area contributed by atoms with Crippen LogP contribution in [0.3, 0.4) is 0 Å². The molecule has 1 saturated carbocycles. The zero-order valence-electron chi connectivity index (χ0n) is 19.1. The molecular formula is C26H25N3O3S2. The van der Waals surface area contributed by atoms with Gasteiger partial charge >= 0.3 is 0 Å². The molecule has 1 saturated heterocycles. The van der Waals surface area contributed by atoms with E-state index in [1.54, 1.807) is 11.0 Å². The molecule has 0 spiro atoms. The number of hydrogen-bond donors (Lipinski definition) is 1. The van der Waals surface area contributed by atoms with Gasteiger partial charge in [0.1, 0.15) is 10.9 Å². The van der Waals surface area contributed by atoms with E-state index in [2.05, 4.69) is 5.32 Å². The molecule has 1 aliphatic carbocycles. The summed E-state index contributed by atoms with van der Waals surface area (Å²) >= 11 is 6.74. The van der Waals surface area contributed by atoms with E-state index in [1.807, 2.05) is 50.2 Å². The molecule has 174 valence electrons. The predicted octanol–water partition coefficient (Wildman–Crippen LogP) is 4.80. The molecule has 0 bridgehead atoms. The Morgan fingerprint density at radius 1 is 1.06 bits per heavy atom. The number of nitrogens with zero attached hydrogens (tertiary/aromatic N) is 2. The number of anilines is 2. The minimum Gasteiger partial charge on any atom is -0.325 e. The molecular weight excluding hydrogens is 466 g/mol. The minimum absolute atomic E-state index is 0.109. The molecule has 6 nitrogen and oxygen atoms in total. The lowest BCUT2D eigenvalue weighted by atomic mass is 10.1. The monoisotopic (exact) mass is 491 g/mol. The number of fused-ring (bicyclic) bond motifs is 1. The van der Waals surface area contributed by atoms with Gasteiger partial charge < -0.3 is 5.32 Å². The standard InChI is InChI=1S/C26H25N3O3S2/c1-15-11-12-17(13-16(15)2)27-21(30)14-28-20-10-6-5-9-19(20)22(24(28)31)23-25(32)29(26(33)34-23)18-7-3-4-8-18/h5-6,9-13,18H,3-4,7-8,14H2,1-2H3,(H,27,30)/b23-22-. The number of para-hydroxylation sites is 1. The number of nitrogens with one attached hydrogen (secondary N) is 1. The second-order valence-corrected chi connectivity index (χ2v) is 10.6.